The molecule has 0 atom stereocenters. The summed E-state index contributed by atoms with van der Waals surface area (Å²) in [6.45, 7) is 9.00. The summed E-state index contributed by atoms with van der Waals surface area (Å²) < 4.78 is 34.3. The molecule has 0 fully saturated rings. The lowest BCUT2D eigenvalue weighted by Crippen LogP contribution is -2.37. The van der Waals surface area contributed by atoms with Gasteiger partial charge >= 0.3 is 6.09 Å². The summed E-state index contributed by atoms with van der Waals surface area (Å²) in [4.78, 5) is 23.9. The Bertz CT molecular complexity index is 1150. The van der Waals surface area contributed by atoms with Crippen molar-refractivity contribution in [3.63, 3.8) is 0 Å². The predicted molar refractivity (Wildman–Crippen MR) is 126 cm³/mol. The van der Waals surface area contributed by atoms with Crippen LogP contribution in [0.15, 0.2) is 35.2 Å². The molecule has 2 rings (SSSR count). The minimum absolute atomic E-state index is 0.0134. The summed E-state index contributed by atoms with van der Waals surface area (Å²) in [6.07, 6.45) is 2.42. The molecule has 0 saturated carbocycles. The van der Waals surface area contributed by atoms with Crippen LogP contribution in [-0.4, -0.2) is 48.9 Å². The molecule has 10 nitrogen and oxygen atoms in total. The third kappa shape index (κ3) is 8.03. The molecule has 180 valence electrons. The van der Waals surface area contributed by atoms with Gasteiger partial charge in [0, 0.05) is 43.2 Å². The van der Waals surface area contributed by atoms with Crippen molar-refractivity contribution in [2.24, 2.45) is 7.05 Å². The van der Waals surface area contributed by atoms with Gasteiger partial charge in [0.2, 0.25) is 15.9 Å². The van der Waals surface area contributed by atoms with E-state index >= 15 is 0 Å². The normalized spacial score (nSPS) is 12.1. The van der Waals surface area contributed by atoms with E-state index in [9.17, 15) is 18.0 Å². The van der Waals surface area contributed by atoms with Crippen LogP contribution in [-0.2, 0) is 26.6 Å². The third-order valence-corrected chi connectivity index (χ3v) is 5.92. The minimum Gasteiger partial charge on any atom is -0.444 e. The smallest absolute Gasteiger partial charge is 0.407 e. The van der Waals surface area contributed by atoms with Crippen molar-refractivity contribution < 1.29 is 22.7 Å². The fraction of sp³-hybridized carbons (Fsp3) is 0.409. The first kappa shape index (κ1) is 26.1. The number of carbonyl (C=O) groups excluding carboxylic acids is 2. The van der Waals surface area contributed by atoms with Gasteiger partial charge in [-0.15, -0.1) is 0 Å². The summed E-state index contributed by atoms with van der Waals surface area (Å²) in [5, 5.41) is 9.43. The maximum absolute atomic E-state index is 12.5. The molecular formula is C22H31N5O5S. The van der Waals surface area contributed by atoms with E-state index in [4.69, 9.17) is 4.74 Å². The first-order valence-electron chi connectivity index (χ1n) is 10.3. The van der Waals surface area contributed by atoms with E-state index in [-0.39, 0.29) is 18.0 Å². The van der Waals surface area contributed by atoms with Gasteiger partial charge < -0.3 is 15.4 Å². The number of anilines is 1. The number of ether oxygens (including phenoxy) is 1. The first-order valence-corrected chi connectivity index (χ1v) is 11.8. The third-order valence-electron chi connectivity index (χ3n) is 4.46. The van der Waals surface area contributed by atoms with Crippen LogP contribution in [0, 0.1) is 13.8 Å². The second-order valence-electron chi connectivity index (χ2n) is 8.38. The molecular weight excluding hydrogens is 446 g/mol. The highest BCUT2D eigenvalue weighted by Crippen LogP contribution is 2.17. The molecule has 1 aromatic carbocycles. The van der Waals surface area contributed by atoms with Gasteiger partial charge in [0.1, 0.15) is 5.60 Å². The summed E-state index contributed by atoms with van der Waals surface area (Å²) in [5.41, 5.74) is 2.28. The molecule has 0 unspecified atom stereocenters. The van der Waals surface area contributed by atoms with Gasteiger partial charge in [0.15, 0.2) is 0 Å². The number of carbonyl (C=O) groups is 2. The lowest BCUT2D eigenvalue weighted by Gasteiger charge is -2.19. The number of alkyl carbamates (subject to hydrolysis) is 1. The Morgan fingerprint density at radius 1 is 1.18 bits per heavy atom. The van der Waals surface area contributed by atoms with E-state index < -0.39 is 27.6 Å². The van der Waals surface area contributed by atoms with Crippen molar-refractivity contribution in [2.75, 3.05) is 18.4 Å². The largest absolute Gasteiger partial charge is 0.444 e. The fourth-order valence-corrected chi connectivity index (χ4v) is 3.94. The van der Waals surface area contributed by atoms with E-state index in [1.807, 2.05) is 20.9 Å². The number of nitrogens with zero attached hydrogens (tertiary/aromatic N) is 2. The monoisotopic (exact) mass is 477 g/mol. The van der Waals surface area contributed by atoms with Gasteiger partial charge in [-0.2, -0.15) is 5.10 Å². The lowest BCUT2D eigenvalue weighted by molar-refractivity contribution is -0.111. The maximum Gasteiger partial charge on any atom is 0.407 e. The van der Waals surface area contributed by atoms with Crippen LogP contribution in [0.4, 0.5) is 10.5 Å². The second-order valence-corrected chi connectivity index (χ2v) is 10.2. The van der Waals surface area contributed by atoms with Crippen LogP contribution in [0.2, 0.25) is 0 Å². The molecule has 2 amide bonds. The lowest BCUT2D eigenvalue weighted by atomic mass is 10.2. The number of benzene rings is 1. The molecule has 0 saturated heterocycles. The van der Waals surface area contributed by atoms with Gasteiger partial charge in [-0.3, -0.25) is 9.48 Å². The van der Waals surface area contributed by atoms with Crippen molar-refractivity contribution in [1.29, 1.82) is 0 Å². The summed E-state index contributed by atoms with van der Waals surface area (Å²) in [7, 11) is -2.01. The maximum atomic E-state index is 12.5. The van der Waals surface area contributed by atoms with Crippen molar-refractivity contribution >= 4 is 33.8 Å². The predicted octanol–water partition coefficient (Wildman–Crippen LogP) is 2.49. The molecule has 1 aromatic heterocycles. The molecule has 3 N–H and O–H groups in total. The SMILES string of the molecule is Cc1nn(C)c(C)c1/C=C/C(=O)Nc1cccc(S(=O)(=O)NCCNC(=O)OC(C)(C)C)c1. The zero-order chi connectivity index (χ0) is 24.8. The van der Waals surface area contributed by atoms with Crippen LogP contribution in [0.1, 0.15) is 37.7 Å². The second kappa shape index (κ2) is 10.6. The molecule has 11 heteroatoms. The van der Waals surface area contributed by atoms with E-state index in [1.54, 1.807) is 37.6 Å². The number of aryl methyl sites for hydroxylation is 2. The van der Waals surface area contributed by atoms with E-state index in [0.717, 1.165) is 17.0 Å². The van der Waals surface area contributed by atoms with Crippen molar-refractivity contribution in [1.82, 2.24) is 19.8 Å². The highest BCUT2D eigenvalue weighted by Gasteiger charge is 2.17. The van der Waals surface area contributed by atoms with Crippen LogP contribution in [0.3, 0.4) is 0 Å². The zero-order valence-corrected chi connectivity index (χ0v) is 20.5. The van der Waals surface area contributed by atoms with E-state index in [0.29, 0.717) is 5.69 Å². The van der Waals surface area contributed by atoms with Gasteiger partial charge in [-0.25, -0.2) is 17.9 Å². The fourth-order valence-electron chi connectivity index (χ4n) is 2.86. The molecule has 0 aliphatic rings. The number of hydrogen-bond acceptors (Lipinski definition) is 6. The topological polar surface area (TPSA) is 131 Å². The van der Waals surface area contributed by atoms with Crippen molar-refractivity contribution in [3.8, 4) is 0 Å². The Hall–Kier alpha value is -3.18. The number of rotatable bonds is 8. The molecule has 1 heterocycles. The van der Waals surface area contributed by atoms with Gasteiger partial charge in [0.05, 0.1) is 10.6 Å². The molecule has 33 heavy (non-hydrogen) atoms. The van der Waals surface area contributed by atoms with E-state index in [2.05, 4.69) is 20.5 Å². The van der Waals surface area contributed by atoms with Gasteiger partial charge in [0.25, 0.3) is 0 Å². The standard InChI is InChI=1S/C22H31N5O5S/c1-15-19(16(2)27(6)26-15)10-11-20(28)25-17-8-7-9-18(14-17)33(30,31)24-13-12-23-21(29)32-22(3,4)5/h7-11,14,24H,12-13H2,1-6H3,(H,23,29)(H,25,28)/b11-10+. The summed E-state index contributed by atoms with van der Waals surface area (Å²) in [6, 6.07) is 5.89. The number of sulfonamides is 1. The van der Waals surface area contributed by atoms with Crippen LogP contribution in [0.25, 0.3) is 6.08 Å². The Morgan fingerprint density at radius 2 is 1.88 bits per heavy atom. The van der Waals surface area contributed by atoms with Crippen LogP contribution >= 0.6 is 0 Å². The first-order chi connectivity index (χ1) is 15.3. The Labute approximate surface area is 194 Å². The highest BCUT2D eigenvalue weighted by molar-refractivity contribution is 7.89. The average Bonchev–Trinajstić information content (AvgIpc) is 2.94. The summed E-state index contributed by atoms with van der Waals surface area (Å²) in [5.74, 6) is -0.401. The molecule has 2 aromatic rings. The molecule has 0 aliphatic carbocycles. The number of hydrogen-bond donors (Lipinski definition) is 3. The molecule has 0 spiro atoms. The van der Waals surface area contributed by atoms with E-state index in [1.165, 1.54) is 24.3 Å². The molecule has 0 aliphatic heterocycles. The van der Waals surface area contributed by atoms with Crippen LogP contribution < -0.4 is 15.4 Å². The quantitative estimate of drug-likeness (QED) is 0.395. The Kier molecular flexibility index (Phi) is 8.39. The highest BCUT2D eigenvalue weighted by atomic mass is 32.2. The Morgan fingerprint density at radius 3 is 2.48 bits per heavy atom. The number of nitrogens with one attached hydrogen (secondary N) is 3. The number of aromatic nitrogens is 2. The van der Waals surface area contributed by atoms with Gasteiger partial charge in [-0.05, 0) is 58.9 Å². The van der Waals surface area contributed by atoms with Crippen molar-refractivity contribution in [3.05, 3.63) is 47.3 Å². The minimum atomic E-state index is -3.84. The average molecular weight is 478 g/mol. The Balaban J connectivity index is 1.95. The molecule has 0 bridgehead atoms. The molecule has 0 radical (unpaired) electrons. The van der Waals surface area contributed by atoms with Crippen LogP contribution in [0.5, 0.6) is 0 Å². The summed E-state index contributed by atoms with van der Waals surface area (Å²) >= 11 is 0. The zero-order valence-electron chi connectivity index (χ0n) is 19.7. The van der Waals surface area contributed by atoms with Gasteiger partial charge in [-0.1, -0.05) is 6.07 Å². The number of amides is 2. The van der Waals surface area contributed by atoms with Crippen molar-refractivity contribution in [2.45, 2.75) is 45.1 Å².